The van der Waals surface area contributed by atoms with Crippen LogP contribution >= 0.6 is 0 Å². The summed E-state index contributed by atoms with van der Waals surface area (Å²) in [6.45, 7) is 1.84. The van der Waals surface area contributed by atoms with Gasteiger partial charge < -0.3 is 10.2 Å². The minimum atomic E-state index is -0.896. The second kappa shape index (κ2) is 3.31. The van der Waals surface area contributed by atoms with Gasteiger partial charge in [-0.15, -0.1) is 0 Å². The molecule has 2 rings (SSSR count). The third kappa shape index (κ3) is 1.41. The quantitative estimate of drug-likeness (QED) is 0.754. The molecule has 0 amide bonds. The highest BCUT2D eigenvalue weighted by molar-refractivity contribution is 5.83. The molecule has 80 valence electrons. The number of nitrogens with zero attached hydrogens (tertiary/aromatic N) is 1. The van der Waals surface area contributed by atoms with Crippen molar-refractivity contribution in [3.63, 3.8) is 0 Å². The first kappa shape index (κ1) is 10.1. The molecule has 2 N–H and O–H groups in total. The number of carboxylic acids is 1. The van der Waals surface area contributed by atoms with Crippen molar-refractivity contribution >= 4 is 5.97 Å². The molecule has 0 aromatic carbocycles. The molecule has 15 heavy (non-hydrogen) atoms. The largest absolute Gasteiger partial charge is 0.481 e. The topological polar surface area (TPSA) is 70.4 Å². The summed E-state index contributed by atoms with van der Waals surface area (Å²) in [6.07, 6.45) is 3.36. The maximum absolute atomic E-state index is 11.3. The number of carboxylic acid groups (broad SMARTS) is 1. The van der Waals surface area contributed by atoms with E-state index >= 15 is 0 Å². The number of aromatic nitrogens is 1. The highest BCUT2D eigenvalue weighted by atomic mass is 16.4. The molecular formula is C11H13NO3. The highest BCUT2D eigenvalue weighted by Crippen LogP contribution is 2.45. The van der Waals surface area contributed by atoms with Gasteiger partial charge in [-0.3, -0.25) is 9.78 Å². The van der Waals surface area contributed by atoms with Crippen LogP contribution in [0.2, 0.25) is 0 Å². The van der Waals surface area contributed by atoms with Crippen molar-refractivity contribution in [3.8, 4) is 0 Å². The zero-order valence-corrected chi connectivity index (χ0v) is 8.47. The van der Waals surface area contributed by atoms with E-state index in [4.69, 9.17) is 0 Å². The molecule has 1 aromatic heterocycles. The average molecular weight is 207 g/mol. The molecule has 0 bridgehead atoms. The normalized spacial score (nSPS) is 29.6. The van der Waals surface area contributed by atoms with Crippen LogP contribution in [0.25, 0.3) is 0 Å². The van der Waals surface area contributed by atoms with Crippen molar-refractivity contribution in [1.29, 1.82) is 0 Å². The van der Waals surface area contributed by atoms with Crippen LogP contribution in [0.3, 0.4) is 0 Å². The van der Waals surface area contributed by atoms with Crippen LogP contribution < -0.4 is 0 Å². The molecule has 4 heteroatoms. The Morgan fingerprint density at radius 2 is 2.27 bits per heavy atom. The Morgan fingerprint density at radius 1 is 1.60 bits per heavy atom. The van der Waals surface area contributed by atoms with Crippen LogP contribution in [0.5, 0.6) is 0 Å². The molecule has 1 aliphatic rings. The molecule has 0 unspecified atom stereocenters. The molecule has 1 saturated carbocycles. The van der Waals surface area contributed by atoms with Gasteiger partial charge >= 0.3 is 5.97 Å². The van der Waals surface area contributed by atoms with Gasteiger partial charge in [-0.2, -0.15) is 0 Å². The summed E-state index contributed by atoms with van der Waals surface area (Å²) >= 11 is 0. The number of aliphatic hydroxyl groups excluding tert-OH is 1. The summed E-state index contributed by atoms with van der Waals surface area (Å²) in [7, 11) is 0. The number of aliphatic carboxylic acids is 1. The molecule has 4 nitrogen and oxygen atoms in total. The first-order valence-corrected chi connectivity index (χ1v) is 4.89. The van der Waals surface area contributed by atoms with E-state index in [1.165, 1.54) is 0 Å². The fourth-order valence-corrected chi connectivity index (χ4v) is 2.26. The van der Waals surface area contributed by atoms with Gasteiger partial charge in [-0.25, -0.2) is 0 Å². The van der Waals surface area contributed by atoms with Gasteiger partial charge in [0.1, 0.15) is 0 Å². The molecular weight excluding hydrogens is 194 g/mol. The van der Waals surface area contributed by atoms with Gasteiger partial charge in [0.05, 0.1) is 11.5 Å². The second-order valence-electron chi connectivity index (χ2n) is 4.14. The number of aryl methyl sites for hydroxylation is 1. The third-order valence-corrected chi connectivity index (χ3v) is 3.11. The summed E-state index contributed by atoms with van der Waals surface area (Å²) in [5.41, 5.74) is 0.744. The zero-order valence-electron chi connectivity index (χ0n) is 8.47. The van der Waals surface area contributed by atoms with Gasteiger partial charge in [-0.05, 0) is 37.0 Å². The molecule has 1 aliphatic carbocycles. The predicted molar refractivity (Wildman–Crippen MR) is 53.5 cm³/mol. The Kier molecular flexibility index (Phi) is 2.23. The van der Waals surface area contributed by atoms with Gasteiger partial charge in [0.15, 0.2) is 0 Å². The van der Waals surface area contributed by atoms with Crippen LogP contribution in [0.15, 0.2) is 18.5 Å². The van der Waals surface area contributed by atoms with E-state index < -0.39 is 17.5 Å². The van der Waals surface area contributed by atoms with Crippen molar-refractivity contribution in [2.75, 3.05) is 0 Å². The molecule has 0 saturated heterocycles. The number of pyridine rings is 1. The van der Waals surface area contributed by atoms with E-state index in [1.54, 1.807) is 18.5 Å². The summed E-state index contributed by atoms with van der Waals surface area (Å²) in [4.78, 5) is 15.2. The Bertz CT molecular complexity index is 397. The van der Waals surface area contributed by atoms with E-state index in [2.05, 4.69) is 4.98 Å². The maximum atomic E-state index is 11.3. The fraction of sp³-hybridized carbons (Fsp3) is 0.455. The standard InChI is InChI=1S/C11H13NO3/c1-7-6-12-3-2-9(7)11(10(14)15)4-8(13)5-11/h2-3,6,8,13H,4-5H2,1H3,(H,14,15). The van der Waals surface area contributed by atoms with Crippen molar-refractivity contribution in [2.24, 2.45) is 0 Å². The number of rotatable bonds is 2. The minimum absolute atomic E-state index is 0.299. The lowest BCUT2D eigenvalue weighted by Gasteiger charge is -2.42. The SMILES string of the molecule is Cc1cnccc1C1(C(=O)O)CC(O)C1. The molecule has 1 fully saturated rings. The van der Waals surface area contributed by atoms with Crippen LogP contribution in [0, 0.1) is 6.92 Å². The first-order chi connectivity index (χ1) is 7.06. The second-order valence-corrected chi connectivity index (χ2v) is 4.14. The maximum Gasteiger partial charge on any atom is 0.314 e. The molecule has 0 radical (unpaired) electrons. The van der Waals surface area contributed by atoms with Crippen molar-refractivity contribution in [3.05, 3.63) is 29.6 Å². The van der Waals surface area contributed by atoms with Gasteiger partial charge in [0.2, 0.25) is 0 Å². The van der Waals surface area contributed by atoms with E-state index in [0.29, 0.717) is 12.8 Å². The van der Waals surface area contributed by atoms with E-state index in [9.17, 15) is 15.0 Å². The average Bonchev–Trinajstić information content (AvgIpc) is 2.13. The van der Waals surface area contributed by atoms with Crippen molar-refractivity contribution in [1.82, 2.24) is 4.98 Å². The van der Waals surface area contributed by atoms with Gasteiger partial charge in [0.25, 0.3) is 0 Å². The summed E-state index contributed by atoms with van der Waals surface area (Å²) in [6, 6.07) is 1.73. The third-order valence-electron chi connectivity index (χ3n) is 3.11. The number of hydrogen-bond acceptors (Lipinski definition) is 3. The number of carbonyl (C=O) groups is 1. The van der Waals surface area contributed by atoms with Crippen LogP contribution in [-0.2, 0) is 10.2 Å². The lowest BCUT2D eigenvalue weighted by Crippen LogP contribution is -2.51. The number of hydrogen-bond donors (Lipinski definition) is 2. The van der Waals surface area contributed by atoms with E-state index in [0.717, 1.165) is 11.1 Å². The smallest absolute Gasteiger partial charge is 0.314 e. The molecule has 1 aromatic rings. The highest BCUT2D eigenvalue weighted by Gasteiger charge is 2.51. The van der Waals surface area contributed by atoms with Gasteiger partial charge in [-0.1, -0.05) is 0 Å². The van der Waals surface area contributed by atoms with E-state index in [1.807, 2.05) is 6.92 Å². The molecule has 0 aliphatic heterocycles. The monoisotopic (exact) mass is 207 g/mol. The van der Waals surface area contributed by atoms with Crippen LogP contribution in [-0.4, -0.2) is 27.3 Å². The first-order valence-electron chi connectivity index (χ1n) is 4.89. The van der Waals surface area contributed by atoms with E-state index in [-0.39, 0.29) is 0 Å². The molecule has 1 heterocycles. The summed E-state index contributed by atoms with van der Waals surface area (Å²) in [5, 5.41) is 18.6. The fourth-order valence-electron chi connectivity index (χ4n) is 2.26. The predicted octanol–water partition coefficient (Wildman–Crippen LogP) is 0.867. The molecule has 0 atom stereocenters. The lowest BCUT2D eigenvalue weighted by atomic mass is 9.62. The number of aliphatic hydroxyl groups is 1. The van der Waals surface area contributed by atoms with Gasteiger partial charge in [0, 0.05) is 12.4 Å². The van der Waals surface area contributed by atoms with Crippen LogP contribution in [0.1, 0.15) is 24.0 Å². The summed E-state index contributed by atoms with van der Waals surface area (Å²) < 4.78 is 0. The summed E-state index contributed by atoms with van der Waals surface area (Å²) in [5.74, 6) is -0.859. The van der Waals surface area contributed by atoms with Crippen molar-refractivity contribution < 1.29 is 15.0 Å². The Morgan fingerprint density at radius 3 is 2.73 bits per heavy atom. The Hall–Kier alpha value is -1.42. The lowest BCUT2D eigenvalue weighted by molar-refractivity contribution is -0.153. The van der Waals surface area contributed by atoms with Crippen molar-refractivity contribution in [2.45, 2.75) is 31.3 Å². The zero-order chi connectivity index (χ0) is 11.1. The molecule has 0 spiro atoms. The minimum Gasteiger partial charge on any atom is -0.481 e. The van der Waals surface area contributed by atoms with Crippen LogP contribution in [0.4, 0.5) is 0 Å². The Balaban J connectivity index is 2.43. The Labute approximate surface area is 87.6 Å².